The molecule has 0 atom stereocenters. The van der Waals surface area contributed by atoms with E-state index < -0.39 is 5.43 Å². The van der Waals surface area contributed by atoms with Gasteiger partial charge in [0, 0.05) is 51.2 Å². The molecule has 0 fully saturated rings. The second-order valence-corrected chi connectivity index (χ2v) is 7.02. The van der Waals surface area contributed by atoms with E-state index in [1.54, 1.807) is 41.9 Å². The summed E-state index contributed by atoms with van der Waals surface area (Å²) >= 11 is 0. The van der Waals surface area contributed by atoms with Crippen LogP contribution in [0.4, 0.5) is 4.39 Å². The Kier molecular flexibility index (Phi) is 8.03. The zero-order valence-electron chi connectivity index (χ0n) is 17.8. The van der Waals surface area contributed by atoms with Crippen molar-refractivity contribution in [1.29, 1.82) is 0 Å². The number of halogens is 1. The Hall–Kier alpha value is -3.29. The van der Waals surface area contributed by atoms with Crippen molar-refractivity contribution in [2.45, 2.75) is 33.9 Å². The van der Waals surface area contributed by atoms with Crippen molar-refractivity contribution >= 4 is 12.1 Å². The number of likely N-dealkylation sites (N-methyl/N-ethyl adjacent to an activating group) is 1. The number of benzene rings is 1. The normalized spacial score (nSPS) is 11.3. The van der Waals surface area contributed by atoms with Gasteiger partial charge < -0.3 is 25.2 Å². The number of aromatic hydroxyl groups is 1. The first kappa shape index (κ1) is 23.0. The number of hydrogen-bond acceptors (Lipinski definition) is 5. The number of nitrogens with one attached hydrogen (secondary N) is 2. The Morgan fingerprint density at radius 1 is 1.33 bits per heavy atom. The van der Waals surface area contributed by atoms with Crippen LogP contribution in [0.2, 0.25) is 0 Å². The van der Waals surface area contributed by atoms with Gasteiger partial charge >= 0.3 is 0 Å². The number of amides is 1. The number of rotatable bonds is 10. The standard InChI is InChI=1S/C22H29FN4O3/c1-5-26(14-28)8-9-27-13-18(22(30)21(29)16(27)3)20(24-4)12-25-11-17-7-6-15(2)10-19(17)23/h6-7,10,12-14,24-25,29H,5,8-9,11H2,1-4H3/b20-12-. The maximum absolute atomic E-state index is 14.0. The van der Waals surface area contributed by atoms with Crippen LogP contribution in [0.3, 0.4) is 0 Å². The Morgan fingerprint density at radius 3 is 2.67 bits per heavy atom. The predicted octanol–water partition coefficient (Wildman–Crippen LogP) is 2.10. The molecule has 162 valence electrons. The molecular formula is C22H29FN4O3. The van der Waals surface area contributed by atoms with Crippen LogP contribution in [0.1, 0.15) is 29.3 Å². The zero-order chi connectivity index (χ0) is 22.3. The van der Waals surface area contributed by atoms with Crippen LogP contribution in [-0.4, -0.2) is 41.1 Å². The van der Waals surface area contributed by atoms with E-state index in [1.165, 1.54) is 6.07 Å². The second-order valence-electron chi connectivity index (χ2n) is 7.02. The summed E-state index contributed by atoms with van der Waals surface area (Å²) in [4.78, 5) is 25.2. The summed E-state index contributed by atoms with van der Waals surface area (Å²) in [6, 6.07) is 5.01. The number of carbonyl (C=O) groups is 1. The van der Waals surface area contributed by atoms with Crippen molar-refractivity contribution in [3.63, 3.8) is 0 Å². The quantitative estimate of drug-likeness (QED) is 0.517. The molecule has 0 aliphatic rings. The molecule has 0 aliphatic heterocycles. The van der Waals surface area contributed by atoms with Gasteiger partial charge in [0.05, 0.1) is 17.0 Å². The summed E-state index contributed by atoms with van der Waals surface area (Å²) in [5.41, 5.74) is 2.00. The molecule has 0 spiro atoms. The van der Waals surface area contributed by atoms with Crippen LogP contribution in [0.5, 0.6) is 5.75 Å². The second kappa shape index (κ2) is 10.5. The molecule has 8 heteroatoms. The van der Waals surface area contributed by atoms with Gasteiger partial charge in [0.15, 0.2) is 5.75 Å². The summed E-state index contributed by atoms with van der Waals surface area (Å²) in [7, 11) is 1.66. The average Bonchev–Trinajstić information content (AvgIpc) is 2.73. The number of aryl methyl sites for hydroxylation is 1. The van der Waals surface area contributed by atoms with Crippen molar-refractivity contribution in [2.75, 3.05) is 20.1 Å². The smallest absolute Gasteiger partial charge is 0.232 e. The van der Waals surface area contributed by atoms with Gasteiger partial charge in [-0.05, 0) is 32.4 Å². The fourth-order valence-corrected chi connectivity index (χ4v) is 3.03. The van der Waals surface area contributed by atoms with E-state index in [4.69, 9.17) is 0 Å². The van der Waals surface area contributed by atoms with Crippen molar-refractivity contribution in [3.05, 3.63) is 69.0 Å². The van der Waals surface area contributed by atoms with Gasteiger partial charge in [-0.3, -0.25) is 9.59 Å². The largest absolute Gasteiger partial charge is 0.503 e. The van der Waals surface area contributed by atoms with E-state index in [0.29, 0.717) is 36.6 Å². The van der Waals surface area contributed by atoms with E-state index >= 15 is 0 Å². The number of aromatic nitrogens is 1. The lowest BCUT2D eigenvalue weighted by molar-refractivity contribution is -0.118. The van der Waals surface area contributed by atoms with Gasteiger partial charge in [0.2, 0.25) is 11.8 Å². The summed E-state index contributed by atoms with van der Waals surface area (Å²) in [5.74, 6) is -0.639. The summed E-state index contributed by atoms with van der Waals surface area (Å²) in [5, 5.41) is 16.3. The number of nitrogens with zero attached hydrogens (tertiary/aromatic N) is 2. The maximum atomic E-state index is 14.0. The number of hydrogen-bond donors (Lipinski definition) is 3. The first-order valence-corrected chi connectivity index (χ1v) is 9.81. The Balaban J connectivity index is 2.28. The first-order chi connectivity index (χ1) is 14.3. The van der Waals surface area contributed by atoms with Crippen LogP contribution in [0.25, 0.3) is 5.70 Å². The van der Waals surface area contributed by atoms with Gasteiger partial charge in [0.1, 0.15) is 5.82 Å². The SMILES string of the molecule is CCN(C=O)CCn1cc(/C(=C/NCc2ccc(C)cc2F)NC)c(=O)c(O)c1C. The minimum absolute atomic E-state index is 0.244. The molecule has 1 aromatic heterocycles. The van der Waals surface area contributed by atoms with E-state index in [1.807, 2.05) is 19.9 Å². The molecule has 1 amide bonds. The van der Waals surface area contributed by atoms with Crippen LogP contribution >= 0.6 is 0 Å². The monoisotopic (exact) mass is 416 g/mol. The highest BCUT2D eigenvalue weighted by Gasteiger charge is 2.15. The average molecular weight is 416 g/mol. The molecule has 0 bridgehead atoms. The van der Waals surface area contributed by atoms with Crippen molar-refractivity contribution in [3.8, 4) is 5.75 Å². The lowest BCUT2D eigenvalue weighted by Gasteiger charge is -2.19. The summed E-state index contributed by atoms with van der Waals surface area (Å²) in [6.07, 6.45) is 4.00. The highest BCUT2D eigenvalue weighted by atomic mass is 19.1. The molecule has 1 heterocycles. The van der Waals surface area contributed by atoms with Crippen LogP contribution < -0.4 is 16.1 Å². The van der Waals surface area contributed by atoms with Crippen molar-refractivity contribution < 1.29 is 14.3 Å². The van der Waals surface area contributed by atoms with Gasteiger partial charge in [-0.15, -0.1) is 0 Å². The highest BCUT2D eigenvalue weighted by Crippen LogP contribution is 2.16. The number of pyridine rings is 1. The van der Waals surface area contributed by atoms with E-state index in [0.717, 1.165) is 12.0 Å². The van der Waals surface area contributed by atoms with Crippen molar-refractivity contribution in [2.24, 2.45) is 0 Å². The molecule has 7 nitrogen and oxygen atoms in total. The fourth-order valence-electron chi connectivity index (χ4n) is 3.03. The predicted molar refractivity (Wildman–Crippen MR) is 115 cm³/mol. The molecule has 2 aromatic rings. The maximum Gasteiger partial charge on any atom is 0.232 e. The summed E-state index contributed by atoms with van der Waals surface area (Å²) in [6.45, 7) is 7.04. The Labute approximate surface area is 175 Å². The summed E-state index contributed by atoms with van der Waals surface area (Å²) < 4.78 is 15.8. The molecule has 0 unspecified atom stereocenters. The van der Waals surface area contributed by atoms with Gasteiger partial charge in [-0.2, -0.15) is 0 Å². The molecule has 0 aliphatic carbocycles. The molecule has 2 rings (SSSR count). The third kappa shape index (κ3) is 5.40. The lowest BCUT2D eigenvalue weighted by Crippen LogP contribution is -2.28. The molecular weight excluding hydrogens is 387 g/mol. The number of carbonyl (C=O) groups excluding carboxylic acids is 1. The molecule has 0 radical (unpaired) electrons. The molecule has 1 aromatic carbocycles. The Bertz CT molecular complexity index is 985. The van der Waals surface area contributed by atoms with Gasteiger partial charge in [0.25, 0.3) is 0 Å². The highest BCUT2D eigenvalue weighted by molar-refractivity contribution is 5.64. The molecule has 0 saturated heterocycles. The van der Waals surface area contributed by atoms with Crippen LogP contribution in [-0.2, 0) is 17.9 Å². The lowest BCUT2D eigenvalue weighted by atomic mass is 10.1. The van der Waals surface area contributed by atoms with E-state index in [-0.39, 0.29) is 23.7 Å². The fraction of sp³-hybridized carbons (Fsp3) is 0.364. The van der Waals surface area contributed by atoms with Gasteiger partial charge in [-0.1, -0.05) is 12.1 Å². The minimum Gasteiger partial charge on any atom is -0.503 e. The first-order valence-electron chi connectivity index (χ1n) is 9.81. The van der Waals surface area contributed by atoms with Crippen molar-refractivity contribution in [1.82, 2.24) is 20.1 Å². The zero-order valence-corrected chi connectivity index (χ0v) is 17.8. The third-order valence-corrected chi connectivity index (χ3v) is 5.01. The Morgan fingerprint density at radius 2 is 2.07 bits per heavy atom. The topological polar surface area (TPSA) is 86.6 Å². The third-order valence-electron chi connectivity index (χ3n) is 5.01. The van der Waals surface area contributed by atoms with Gasteiger partial charge in [-0.25, -0.2) is 4.39 Å². The van der Waals surface area contributed by atoms with E-state index in [9.17, 15) is 19.1 Å². The van der Waals surface area contributed by atoms with E-state index in [2.05, 4.69) is 10.6 Å². The minimum atomic E-state index is -0.504. The molecule has 0 saturated carbocycles. The molecule has 30 heavy (non-hydrogen) atoms. The van der Waals surface area contributed by atoms with Crippen LogP contribution in [0.15, 0.2) is 35.4 Å². The molecule has 3 N–H and O–H groups in total. The van der Waals surface area contributed by atoms with Crippen LogP contribution in [0, 0.1) is 19.7 Å².